The summed E-state index contributed by atoms with van der Waals surface area (Å²) in [5.74, 6) is -8.40. The molecule has 0 radical (unpaired) electrons. The fraction of sp³-hybridized carbons (Fsp3) is 0.162. The zero-order valence-corrected chi connectivity index (χ0v) is 26.6. The van der Waals surface area contributed by atoms with Gasteiger partial charge in [-0.1, -0.05) is 18.2 Å². The predicted octanol–water partition coefficient (Wildman–Crippen LogP) is 4.27. The molecule has 0 aliphatic carbocycles. The summed E-state index contributed by atoms with van der Waals surface area (Å²) in [6.07, 6.45) is -5.73. The molecular weight excluding hydrogens is 684 g/mol. The van der Waals surface area contributed by atoms with Crippen LogP contribution in [-0.2, 0) is 11.2 Å². The summed E-state index contributed by atoms with van der Waals surface area (Å²) < 4.78 is 17.9. The van der Waals surface area contributed by atoms with Gasteiger partial charge < -0.3 is 70.4 Å². The van der Waals surface area contributed by atoms with Gasteiger partial charge in [-0.3, -0.25) is 0 Å². The number of aromatic hydroxyl groups is 10. The Morgan fingerprint density at radius 3 is 1.88 bits per heavy atom. The Kier molecular flexibility index (Phi) is 8.06. The van der Waals surface area contributed by atoms with Crippen LogP contribution < -0.4 is 9.47 Å². The molecule has 5 aromatic rings. The van der Waals surface area contributed by atoms with E-state index in [1.54, 1.807) is 0 Å². The lowest BCUT2D eigenvalue weighted by atomic mass is 9.77. The van der Waals surface area contributed by atoms with Gasteiger partial charge in [0.05, 0.1) is 11.5 Å². The fourth-order valence-electron chi connectivity index (χ4n) is 6.65. The minimum atomic E-state index is -1.61. The van der Waals surface area contributed by atoms with Crippen molar-refractivity contribution in [2.45, 2.75) is 36.8 Å². The summed E-state index contributed by atoms with van der Waals surface area (Å²) in [6.45, 7) is 0. The highest BCUT2D eigenvalue weighted by Gasteiger charge is 2.46. The molecule has 7 rings (SSSR count). The lowest BCUT2D eigenvalue weighted by Crippen LogP contribution is -2.36. The second-order valence-corrected chi connectivity index (χ2v) is 12.4. The van der Waals surface area contributed by atoms with E-state index >= 15 is 0 Å². The standard InChI is InChI=1S/C37H30O15/c38-17-4-1-14(2-5-17)36-34(48)31(29-22(42)10-18(39)11-27(29)51-36)30-23(43)13-26-19(32(30)46)12-28(35(50-26)15-3-6-20(40)21(41)7-15)52-37(49)16-8-24(44)33(47)25(45)9-16/h1-11,13,28,31,34-36,38-48H,12H2. The first-order valence-corrected chi connectivity index (χ1v) is 15.6. The molecule has 5 unspecified atom stereocenters. The topological polar surface area (TPSA) is 267 Å². The van der Waals surface area contributed by atoms with E-state index in [2.05, 4.69) is 0 Å². The molecule has 5 aromatic carbocycles. The van der Waals surface area contributed by atoms with E-state index in [0.29, 0.717) is 5.56 Å². The molecule has 0 bridgehead atoms. The molecule has 15 nitrogen and oxygen atoms in total. The zero-order valence-electron chi connectivity index (χ0n) is 26.6. The third-order valence-corrected chi connectivity index (χ3v) is 9.13. The van der Waals surface area contributed by atoms with Crippen LogP contribution in [0.15, 0.2) is 72.8 Å². The molecule has 0 aromatic heterocycles. The Morgan fingerprint density at radius 1 is 0.577 bits per heavy atom. The molecule has 52 heavy (non-hydrogen) atoms. The van der Waals surface area contributed by atoms with Gasteiger partial charge in [0, 0.05) is 46.9 Å². The summed E-state index contributed by atoms with van der Waals surface area (Å²) in [6, 6.07) is 14.4. The lowest BCUT2D eigenvalue weighted by Gasteiger charge is -2.39. The van der Waals surface area contributed by atoms with Crippen molar-refractivity contribution in [2.75, 3.05) is 0 Å². The van der Waals surface area contributed by atoms with E-state index in [1.807, 2.05) is 0 Å². The molecule has 0 saturated carbocycles. The van der Waals surface area contributed by atoms with Crippen molar-refractivity contribution in [2.24, 2.45) is 0 Å². The van der Waals surface area contributed by atoms with Crippen molar-refractivity contribution in [3.63, 3.8) is 0 Å². The van der Waals surface area contributed by atoms with Crippen LogP contribution in [0.1, 0.15) is 56.3 Å². The van der Waals surface area contributed by atoms with Gasteiger partial charge in [0.2, 0.25) is 0 Å². The van der Waals surface area contributed by atoms with Gasteiger partial charge in [-0.15, -0.1) is 0 Å². The predicted molar refractivity (Wildman–Crippen MR) is 176 cm³/mol. The van der Waals surface area contributed by atoms with Gasteiger partial charge >= 0.3 is 5.97 Å². The number of phenols is 10. The van der Waals surface area contributed by atoms with Gasteiger partial charge in [-0.25, -0.2) is 4.79 Å². The fourth-order valence-corrected chi connectivity index (χ4v) is 6.65. The molecule has 2 aliphatic rings. The molecule has 0 fully saturated rings. The maximum atomic E-state index is 13.3. The third-order valence-electron chi connectivity index (χ3n) is 9.13. The van der Waals surface area contributed by atoms with E-state index in [0.717, 1.165) is 36.4 Å². The summed E-state index contributed by atoms with van der Waals surface area (Å²) in [4.78, 5) is 13.3. The minimum Gasteiger partial charge on any atom is -0.508 e. The first-order chi connectivity index (χ1) is 24.7. The minimum absolute atomic E-state index is 0.0269. The van der Waals surface area contributed by atoms with Crippen LogP contribution in [0.4, 0.5) is 0 Å². The number of carbonyl (C=O) groups excluding carboxylic acids is 1. The van der Waals surface area contributed by atoms with Crippen LogP contribution in [0.25, 0.3) is 0 Å². The first-order valence-electron chi connectivity index (χ1n) is 15.6. The van der Waals surface area contributed by atoms with Crippen LogP contribution in [-0.4, -0.2) is 74.3 Å². The van der Waals surface area contributed by atoms with Gasteiger partial charge in [0.1, 0.15) is 52.5 Å². The van der Waals surface area contributed by atoms with Crippen LogP contribution in [0.5, 0.6) is 69.0 Å². The summed E-state index contributed by atoms with van der Waals surface area (Å²) >= 11 is 0. The molecule has 0 spiro atoms. The molecular formula is C37H30O15. The van der Waals surface area contributed by atoms with Crippen molar-refractivity contribution in [3.05, 3.63) is 106 Å². The molecule has 5 atom stereocenters. The monoisotopic (exact) mass is 714 g/mol. The van der Waals surface area contributed by atoms with Crippen molar-refractivity contribution >= 4 is 5.97 Å². The molecule has 2 heterocycles. The Bertz CT molecular complexity index is 2210. The van der Waals surface area contributed by atoms with Crippen LogP contribution in [0.2, 0.25) is 0 Å². The number of esters is 1. The lowest BCUT2D eigenvalue weighted by molar-refractivity contribution is -0.0191. The summed E-state index contributed by atoms with van der Waals surface area (Å²) in [5, 5.41) is 116. The van der Waals surface area contributed by atoms with E-state index in [9.17, 15) is 61.0 Å². The van der Waals surface area contributed by atoms with Crippen molar-refractivity contribution in [1.29, 1.82) is 0 Å². The smallest absolute Gasteiger partial charge is 0.338 e. The Labute approximate surface area is 292 Å². The maximum Gasteiger partial charge on any atom is 0.338 e. The first kappa shape index (κ1) is 33.6. The maximum absolute atomic E-state index is 13.3. The number of aliphatic hydroxyl groups excluding tert-OH is 1. The van der Waals surface area contributed by atoms with Crippen molar-refractivity contribution < 1.29 is 75.2 Å². The highest BCUT2D eigenvalue weighted by atomic mass is 16.6. The Hall–Kier alpha value is -6.87. The summed E-state index contributed by atoms with van der Waals surface area (Å²) in [7, 11) is 0. The van der Waals surface area contributed by atoms with Gasteiger partial charge in [0.15, 0.2) is 41.0 Å². The molecule has 15 heteroatoms. The zero-order chi connectivity index (χ0) is 37.2. The van der Waals surface area contributed by atoms with Crippen molar-refractivity contribution in [1.82, 2.24) is 0 Å². The van der Waals surface area contributed by atoms with E-state index in [4.69, 9.17) is 14.2 Å². The number of hydrogen-bond acceptors (Lipinski definition) is 15. The largest absolute Gasteiger partial charge is 0.508 e. The molecule has 2 aliphatic heterocycles. The van der Waals surface area contributed by atoms with Crippen LogP contribution in [0, 0.1) is 0 Å². The van der Waals surface area contributed by atoms with E-state index in [-0.39, 0.29) is 57.2 Å². The highest BCUT2D eigenvalue weighted by Crippen LogP contribution is 2.56. The highest BCUT2D eigenvalue weighted by molar-refractivity contribution is 5.91. The van der Waals surface area contributed by atoms with Gasteiger partial charge in [0.25, 0.3) is 0 Å². The van der Waals surface area contributed by atoms with Crippen molar-refractivity contribution in [3.8, 4) is 69.0 Å². The quantitative estimate of drug-likeness (QED) is 0.0896. The molecule has 0 amide bonds. The molecule has 0 saturated heterocycles. The van der Waals surface area contributed by atoms with Gasteiger partial charge in [-0.2, -0.15) is 0 Å². The Balaban J connectivity index is 1.34. The molecule has 11 N–H and O–H groups in total. The van der Waals surface area contributed by atoms with Crippen LogP contribution >= 0.6 is 0 Å². The summed E-state index contributed by atoms with van der Waals surface area (Å²) in [5.41, 5.74) is -0.225. The van der Waals surface area contributed by atoms with E-state index in [1.165, 1.54) is 36.4 Å². The van der Waals surface area contributed by atoms with E-state index < -0.39 is 82.3 Å². The average molecular weight is 715 g/mol. The number of phenolic OH excluding ortho intramolecular Hbond substituents is 10. The number of ether oxygens (including phenoxy) is 3. The Morgan fingerprint density at radius 2 is 1.21 bits per heavy atom. The normalized spacial score (nSPS) is 20.5. The number of carbonyl (C=O) groups is 1. The number of fused-ring (bicyclic) bond motifs is 2. The number of aliphatic hydroxyl groups is 1. The van der Waals surface area contributed by atoms with Crippen LogP contribution in [0.3, 0.4) is 0 Å². The average Bonchev–Trinajstić information content (AvgIpc) is 3.09. The van der Waals surface area contributed by atoms with Gasteiger partial charge in [-0.05, 0) is 42.0 Å². The number of benzene rings is 5. The second kappa shape index (κ2) is 12.5. The number of rotatable bonds is 5. The number of hydrogen-bond donors (Lipinski definition) is 11. The second-order valence-electron chi connectivity index (χ2n) is 12.4. The SMILES string of the molecule is O=C(OC1Cc2c(cc(O)c(C3c4c(O)cc(O)cc4OC(c4ccc(O)cc4)C3O)c2O)OC1c1ccc(O)c(O)c1)c1cc(O)c(O)c(O)c1. The third kappa shape index (κ3) is 5.68. The molecule has 268 valence electrons.